The highest BCUT2D eigenvalue weighted by atomic mass is 32.2. The molecular weight excluding hydrogens is 271 g/mol. The second-order valence-corrected chi connectivity index (χ2v) is 6.20. The van der Waals surface area contributed by atoms with Gasteiger partial charge in [-0.1, -0.05) is 12.8 Å². The number of hydrogen-bond donors (Lipinski definition) is 2. The second-order valence-electron chi connectivity index (χ2n) is 4.64. The fourth-order valence-corrected chi connectivity index (χ4v) is 2.72. The number of carbonyl (C=O) groups excluding carboxylic acids is 1. The Kier molecular flexibility index (Phi) is 3.86. The lowest BCUT2D eigenvalue weighted by Gasteiger charge is -2.12. The van der Waals surface area contributed by atoms with Crippen molar-refractivity contribution in [3.8, 4) is 0 Å². The molecule has 0 saturated heterocycles. The molecule has 1 fully saturated rings. The minimum absolute atomic E-state index is 0.0739. The lowest BCUT2D eigenvalue weighted by atomic mass is 10.1. The van der Waals surface area contributed by atoms with Crippen molar-refractivity contribution in [1.82, 2.24) is 5.32 Å². The molecule has 0 spiro atoms. The van der Waals surface area contributed by atoms with Gasteiger partial charge >= 0.3 is 0 Å². The van der Waals surface area contributed by atoms with Crippen LogP contribution in [-0.4, -0.2) is 20.4 Å². The molecule has 19 heavy (non-hydrogen) atoms. The number of rotatable bonds is 3. The number of primary sulfonamides is 1. The number of hydrogen-bond acceptors (Lipinski definition) is 3. The molecule has 5 nitrogen and oxygen atoms in total. The van der Waals surface area contributed by atoms with E-state index in [2.05, 4.69) is 5.32 Å². The quantitative estimate of drug-likeness (QED) is 0.873. The summed E-state index contributed by atoms with van der Waals surface area (Å²) < 4.78 is 35.8. The Morgan fingerprint density at radius 3 is 2.47 bits per heavy atom. The van der Waals surface area contributed by atoms with Gasteiger partial charge in [0.15, 0.2) is 0 Å². The Balaban J connectivity index is 2.18. The first-order valence-electron chi connectivity index (χ1n) is 6.01. The van der Waals surface area contributed by atoms with Crippen molar-refractivity contribution in [3.05, 3.63) is 29.6 Å². The Morgan fingerprint density at radius 1 is 1.32 bits per heavy atom. The molecular formula is C12H15FN2O3S. The summed E-state index contributed by atoms with van der Waals surface area (Å²) in [5.41, 5.74) is -0.167. The molecule has 7 heteroatoms. The van der Waals surface area contributed by atoms with E-state index in [1.54, 1.807) is 0 Å². The van der Waals surface area contributed by atoms with Crippen molar-refractivity contribution in [2.45, 2.75) is 36.6 Å². The summed E-state index contributed by atoms with van der Waals surface area (Å²) in [6.07, 6.45) is 3.89. The van der Waals surface area contributed by atoms with Crippen LogP contribution in [0.1, 0.15) is 36.0 Å². The Bertz CT molecular complexity index is 595. The van der Waals surface area contributed by atoms with Gasteiger partial charge in [0, 0.05) is 6.04 Å². The van der Waals surface area contributed by atoms with Gasteiger partial charge in [-0.25, -0.2) is 17.9 Å². The van der Waals surface area contributed by atoms with Gasteiger partial charge in [-0.3, -0.25) is 4.79 Å². The molecule has 104 valence electrons. The van der Waals surface area contributed by atoms with Crippen LogP contribution in [-0.2, 0) is 10.0 Å². The third-order valence-electron chi connectivity index (χ3n) is 3.20. The van der Waals surface area contributed by atoms with E-state index in [1.165, 1.54) is 0 Å². The van der Waals surface area contributed by atoms with Gasteiger partial charge in [-0.2, -0.15) is 0 Å². The highest BCUT2D eigenvalue weighted by Gasteiger charge is 2.21. The first-order valence-corrected chi connectivity index (χ1v) is 7.56. The highest BCUT2D eigenvalue weighted by molar-refractivity contribution is 7.89. The highest BCUT2D eigenvalue weighted by Crippen LogP contribution is 2.19. The van der Waals surface area contributed by atoms with Crippen molar-refractivity contribution in [1.29, 1.82) is 0 Å². The fourth-order valence-electron chi connectivity index (χ4n) is 2.19. The summed E-state index contributed by atoms with van der Waals surface area (Å²) in [5, 5.41) is 7.62. The van der Waals surface area contributed by atoms with E-state index in [-0.39, 0.29) is 16.5 Å². The summed E-state index contributed by atoms with van der Waals surface area (Å²) in [5.74, 6) is -1.41. The van der Waals surface area contributed by atoms with E-state index < -0.39 is 21.7 Å². The smallest absolute Gasteiger partial charge is 0.254 e. The summed E-state index contributed by atoms with van der Waals surface area (Å²) in [6.45, 7) is 0. The number of amides is 1. The third-order valence-corrected chi connectivity index (χ3v) is 4.12. The number of sulfonamides is 1. The minimum Gasteiger partial charge on any atom is -0.349 e. The van der Waals surface area contributed by atoms with Crippen LogP contribution in [0.3, 0.4) is 0 Å². The maximum absolute atomic E-state index is 13.7. The summed E-state index contributed by atoms with van der Waals surface area (Å²) >= 11 is 0. The van der Waals surface area contributed by atoms with Gasteiger partial charge in [-0.15, -0.1) is 0 Å². The maximum Gasteiger partial charge on any atom is 0.254 e. The number of benzene rings is 1. The molecule has 0 heterocycles. The topological polar surface area (TPSA) is 89.3 Å². The standard InChI is InChI=1S/C12H15FN2O3S/c13-11-7-9(19(14,17)18)5-6-10(11)12(16)15-8-3-1-2-4-8/h5-8H,1-4H2,(H,15,16)(H2,14,17,18). The summed E-state index contributed by atoms with van der Waals surface area (Å²) in [7, 11) is -3.96. The van der Waals surface area contributed by atoms with Crippen LogP contribution >= 0.6 is 0 Å². The number of nitrogens with one attached hydrogen (secondary N) is 1. The average Bonchev–Trinajstić information content (AvgIpc) is 2.80. The average molecular weight is 286 g/mol. The lowest BCUT2D eigenvalue weighted by molar-refractivity contribution is 0.0933. The number of halogens is 1. The zero-order chi connectivity index (χ0) is 14.0. The molecule has 3 N–H and O–H groups in total. The van der Waals surface area contributed by atoms with Crippen molar-refractivity contribution in [2.24, 2.45) is 5.14 Å². The molecule has 0 aromatic heterocycles. The molecule has 1 aliphatic carbocycles. The fraction of sp³-hybridized carbons (Fsp3) is 0.417. The molecule has 0 radical (unpaired) electrons. The molecule has 1 saturated carbocycles. The lowest BCUT2D eigenvalue weighted by Crippen LogP contribution is -2.33. The Labute approximate surface area is 111 Å². The van der Waals surface area contributed by atoms with Crippen molar-refractivity contribution >= 4 is 15.9 Å². The molecule has 0 atom stereocenters. The van der Waals surface area contributed by atoms with Gasteiger partial charge in [0.05, 0.1) is 10.5 Å². The second kappa shape index (κ2) is 5.26. The van der Waals surface area contributed by atoms with Crippen LogP contribution in [0.15, 0.2) is 23.1 Å². The SMILES string of the molecule is NS(=O)(=O)c1ccc(C(=O)NC2CCCC2)c(F)c1. The van der Waals surface area contributed by atoms with Crippen molar-refractivity contribution < 1.29 is 17.6 Å². The van der Waals surface area contributed by atoms with Gasteiger partial charge in [0.2, 0.25) is 10.0 Å². The van der Waals surface area contributed by atoms with Crippen LogP contribution in [0, 0.1) is 5.82 Å². The van der Waals surface area contributed by atoms with Crippen LogP contribution in [0.4, 0.5) is 4.39 Å². The molecule has 1 aromatic carbocycles. The first-order chi connectivity index (χ1) is 8.88. The van der Waals surface area contributed by atoms with Gasteiger partial charge in [-0.05, 0) is 31.0 Å². The Morgan fingerprint density at radius 2 is 1.95 bits per heavy atom. The zero-order valence-electron chi connectivity index (χ0n) is 10.2. The molecule has 0 aliphatic heterocycles. The van der Waals surface area contributed by atoms with Crippen LogP contribution in [0.25, 0.3) is 0 Å². The Hall–Kier alpha value is -1.47. The third kappa shape index (κ3) is 3.30. The van der Waals surface area contributed by atoms with E-state index in [0.29, 0.717) is 0 Å². The number of carbonyl (C=O) groups is 1. The van der Waals surface area contributed by atoms with Crippen molar-refractivity contribution in [3.63, 3.8) is 0 Å². The largest absolute Gasteiger partial charge is 0.349 e. The van der Waals surface area contributed by atoms with E-state index in [4.69, 9.17) is 5.14 Å². The van der Waals surface area contributed by atoms with Crippen molar-refractivity contribution in [2.75, 3.05) is 0 Å². The minimum atomic E-state index is -3.96. The predicted molar refractivity (Wildman–Crippen MR) is 67.5 cm³/mol. The van der Waals surface area contributed by atoms with Gasteiger partial charge in [0.25, 0.3) is 5.91 Å². The normalized spacial score (nSPS) is 16.5. The first kappa shape index (κ1) is 14.0. The molecule has 0 bridgehead atoms. The molecule has 0 unspecified atom stereocenters. The maximum atomic E-state index is 13.7. The van der Waals surface area contributed by atoms with Crippen LogP contribution in [0.5, 0.6) is 0 Å². The van der Waals surface area contributed by atoms with E-state index in [0.717, 1.165) is 43.9 Å². The molecule has 2 rings (SSSR count). The molecule has 1 amide bonds. The summed E-state index contributed by atoms with van der Waals surface area (Å²) in [6, 6.07) is 3.10. The van der Waals surface area contributed by atoms with Crippen LogP contribution in [0.2, 0.25) is 0 Å². The van der Waals surface area contributed by atoms with E-state index in [9.17, 15) is 17.6 Å². The van der Waals surface area contributed by atoms with Gasteiger partial charge in [0.1, 0.15) is 5.82 Å². The predicted octanol–water partition coefficient (Wildman–Crippen LogP) is 1.15. The zero-order valence-corrected chi connectivity index (χ0v) is 11.0. The molecule has 1 aliphatic rings. The number of nitrogens with two attached hydrogens (primary N) is 1. The van der Waals surface area contributed by atoms with E-state index in [1.807, 2.05) is 0 Å². The summed E-state index contributed by atoms with van der Waals surface area (Å²) in [4.78, 5) is 11.5. The van der Waals surface area contributed by atoms with Gasteiger partial charge < -0.3 is 5.32 Å². The monoisotopic (exact) mass is 286 g/mol. The molecule has 1 aromatic rings. The van der Waals surface area contributed by atoms with E-state index >= 15 is 0 Å². The van der Waals surface area contributed by atoms with Crippen LogP contribution < -0.4 is 10.5 Å².